The number of unbranched alkanes of at least 4 members (excludes halogenated alkanes) is 2. The summed E-state index contributed by atoms with van der Waals surface area (Å²) >= 11 is 5.71. The Kier molecular flexibility index (Phi) is 4.76. The summed E-state index contributed by atoms with van der Waals surface area (Å²) in [6, 6.07) is 9.78. The van der Waals surface area contributed by atoms with Gasteiger partial charge in [0.1, 0.15) is 11.6 Å². The van der Waals surface area contributed by atoms with Gasteiger partial charge in [-0.3, -0.25) is 4.79 Å². The van der Waals surface area contributed by atoms with Crippen LogP contribution in [0.1, 0.15) is 43.2 Å². The molecule has 1 amide bonds. The minimum atomic E-state index is -0.699. The van der Waals surface area contributed by atoms with Crippen molar-refractivity contribution in [3.8, 4) is 5.75 Å². The largest absolute Gasteiger partial charge is 0.508 e. The van der Waals surface area contributed by atoms with Crippen molar-refractivity contribution in [2.24, 2.45) is 0 Å². The fraction of sp³-hybridized carbons (Fsp3) is 0.316. The summed E-state index contributed by atoms with van der Waals surface area (Å²) in [4.78, 5) is 14.7. The summed E-state index contributed by atoms with van der Waals surface area (Å²) in [6.45, 7) is 2.73. The van der Waals surface area contributed by atoms with Gasteiger partial charge in [0.25, 0.3) is 0 Å². The molecular formula is C19H19ClFNO2. The third-order valence-electron chi connectivity index (χ3n) is 4.42. The van der Waals surface area contributed by atoms with E-state index in [-0.39, 0.29) is 22.2 Å². The normalized spacial score (nSPS) is 16.5. The maximum atomic E-state index is 13.9. The van der Waals surface area contributed by atoms with Gasteiger partial charge in [0.05, 0.1) is 10.9 Å². The Hall–Kier alpha value is -2.07. The van der Waals surface area contributed by atoms with E-state index in [0.29, 0.717) is 6.54 Å². The van der Waals surface area contributed by atoms with Crippen LogP contribution in [0, 0.1) is 5.82 Å². The number of phenolic OH excluding ortho intramolecular Hbond substituents is 1. The molecule has 0 bridgehead atoms. The number of para-hydroxylation sites is 1. The lowest BCUT2D eigenvalue weighted by Gasteiger charge is -2.18. The van der Waals surface area contributed by atoms with Crippen LogP contribution in [-0.4, -0.2) is 17.6 Å². The third kappa shape index (κ3) is 2.86. The van der Waals surface area contributed by atoms with E-state index in [9.17, 15) is 14.3 Å². The number of amides is 1. The van der Waals surface area contributed by atoms with Crippen molar-refractivity contribution in [1.82, 2.24) is 0 Å². The zero-order valence-electron chi connectivity index (χ0n) is 13.4. The molecule has 2 aromatic rings. The second-order valence-corrected chi connectivity index (χ2v) is 6.42. The summed E-state index contributed by atoms with van der Waals surface area (Å²) in [5.74, 6) is -1.64. The Morgan fingerprint density at radius 3 is 2.71 bits per heavy atom. The predicted molar refractivity (Wildman–Crippen MR) is 93.2 cm³/mol. The molecule has 2 aromatic carbocycles. The van der Waals surface area contributed by atoms with Gasteiger partial charge in [-0.1, -0.05) is 49.6 Å². The molecule has 3 rings (SSSR count). The van der Waals surface area contributed by atoms with Crippen LogP contribution in [0.2, 0.25) is 5.02 Å². The van der Waals surface area contributed by atoms with Gasteiger partial charge < -0.3 is 10.0 Å². The average molecular weight is 348 g/mol. The molecule has 0 radical (unpaired) electrons. The minimum absolute atomic E-state index is 0.135. The van der Waals surface area contributed by atoms with Crippen LogP contribution in [0.5, 0.6) is 5.75 Å². The molecule has 1 aliphatic rings. The molecule has 1 atom stereocenters. The maximum absolute atomic E-state index is 13.9. The Labute approximate surface area is 145 Å². The van der Waals surface area contributed by atoms with Crippen LogP contribution in [0.4, 0.5) is 10.1 Å². The predicted octanol–water partition coefficient (Wildman–Crippen LogP) is 4.85. The average Bonchev–Trinajstić information content (AvgIpc) is 2.84. The van der Waals surface area contributed by atoms with Crippen LogP contribution in [-0.2, 0) is 4.79 Å². The molecule has 0 fully saturated rings. The van der Waals surface area contributed by atoms with Crippen LogP contribution in [0.15, 0.2) is 36.4 Å². The van der Waals surface area contributed by atoms with E-state index in [2.05, 4.69) is 6.92 Å². The monoisotopic (exact) mass is 347 g/mol. The molecule has 1 N–H and O–H groups in total. The molecule has 24 heavy (non-hydrogen) atoms. The molecule has 0 aliphatic carbocycles. The zero-order chi connectivity index (χ0) is 17.3. The third-order valence-corrected chi connectivity index (χ3v) is 4.71. The van der Waals surface area contributed by atoms with Crippen molar-refractivity contribution in [3.05, 3.63) is 58.4 Å². The lowest BCUT2D eigenvalue weighted by Crippen LogP contribution is -2.30. The van der Waals surface area contributed by atoms with Gasteiger partial charge in [0.2, 0.25) is 5.91 Å². The van der Waals surface area contributed by atoms with Crippen molar-refractivity contribution < 1.29 is 14.3 Å². The van der Waals surface area contributed by atoms with Gasteiger partial charge in [-0.25, -0.2) is 4.39 Å². The summed E-state index contributed by atoms with van der Waals surface area (Å²) in [6.07, 6.45) is 3.01. The van der Waals surface area contributed by atoms with Crippen molar-refractivity contribution >= 4 is 23.2 Å². The zero-order valence-corrected chi connectivity index (χ0v) is 14.2. The Bertz CT molecular complexity index is 778. The molecule has 1 heterocycles. The van der Waals surface area contributed by atoms with E-state index in [1.165, 1.54) is 0 Å². The number of carbonyl (C=O) groups is 1. The molecule has 0 aromatic heterocycles. The van der Waals surface area contributed by atoms with Crippen LogP contribution in [0.25, 0.3) is 0 Å². The molecule has 3 nitrogen and oxygen atoms in total. The van der Waals surface area contributed by atoms with E-state index >= 15 is 0 Å². The SMILES string of the molecule is CCCCCN1C(=O)C(c2cc(F)c(Cl)cc2O)c2ccccc21. The quantitative estimate of drug-likeness (QED) is 0.785. The smallest absolute Gasteiger partial charge is 0.239 e. The molecular weight excluding hydrogens is 329 g/mol. The van der Waals surface area contributed by atoms with Gasteiger partial charge >= 0.3 is 0 Å². The summed E-state index contributed by atoms with van der Waals surface area (Å²) in [7, 11) is 0. The standard InChI is InChI=1S/C19H19ClFNO2/c1-2-3-6-9-22-16-8-5-4-7-12(16)18(19(22)24)13-10-15(21)14(20)11-17(13)23/h4-5,7-8,10-11,18,23H,2-3,6,9H2,1H3. The highest BCUT2D eigenvalue weighted by Gasteiger charge is 2.39. The fourth-order valence-corrected chi connectivity index (χ4v) is 3.38. The molecule has 1 unspecified atom stereocenters. The van der Waals surface area contributed by atoms with Crippen LogP contribution < -0.4 is 4.90 Å². The highest BCUT2D eigenvalue weighted by atomic mass is 35.5. The Balaban J connectivity index is 2.03. The number of hydrogen-bond acceptors (Lipinski definition) is 2. The van der Waals surface area contributed by atoms with Crippen molar-refractivity contribution in [3.63, 3.8) is 0 Å². The Morgan fingerprint density at radius 1 is 1.21 bits per heavy atom. The van der Waals surface area contributed by atoms with E-state index in [1.807, 2.05) is 24.3 Å². The van der Waals surface area contributed by atoms with Gasteiger partial charge in [-0.15, -0.1) is 0 Å². The number of phenols is 1. The molecule has 126 valence electrons. The molecule has 0 saturated heterocycles. The minimum Gasteiger partial charge on any atom is -0.508 e. The number of nitrogens with zero attached hydrogens (tertiary/aromatic N) is 1. The molecule has 5 heteroatoms. The van der Waals surface area contributed by atoms with Crippen molar-refractivity contribution in [1.29, 1.82) is 0 Å². The topological polar surface area (TPSA) is 40.5 Å². The first-order chi connectivity index (χ1) is 11.5. The van der Waals surface area contributed by atoms with E-state index < -0.39 is 11.7 Å². The first kappa shape index (κ1) is 16.8. The molecule has 0 saturated carbocycles. The first-order valence-electron chi connectivity index (χ1n) is 8.12. The Morgan fingerprint density at radius 2 is 1.96 bits per heavy atom. The number of aromatic hydroxyl groups is 1. The summed E-state index contributed by atoms with van der Waals surface area (Å²) in [5, 5.41) is 10.0. The molecule has 0 spiro atoms. The second-order valence-electron chi connectivity index (χ2n) is 6.01. The van der Waals surface area contributed by atoms with E-state index in [4.69, 9.17) is 11.6 Å². The fourth-order valence-electron chi connectivity index (χ4n) is 3.22. The number of anilines is 1. The van der Waals surface area contributed by atoms with Crippen molar-refractivity contribution in [2.45, 2.75) is 32.1 Å². The van der Waals surface area contributed by atoms with Gasteiger partial charge in [-0.2, -0.15) is 0 Å². The number of benzene rings is 2. The number of rotatable bonds is 5. The highest BCUT2D eigenvalue weighted by Crippen LogP contribution is 2.44. The number of carbonyl (C=O) groups excluding carboxylic acids is 1. The van der Waals surface area contributed by atoms with E-state index in [0.717, 1.165) is 42.6 Å². The number of hydrogen-bond donors (Lipinski definition) is 1. The van der Waals surface area contributed by atoms with Crippen molar-refractivity contribution in [2.75, 3.05) is 11.4 Å². The van der Waals surface area contributed by atoms with Gasteiger partial charge in [-0.05, 0) is 24.1 Å². The lowest BCUT2D eigenvalue weighted by atomic mass is 9.92. The lowest BCUT2D eigenvalue weighted by molar-refractivity contribution is -0.118. The number of halogens is 2. The maximum Gasteiger partial charge on any atom is 0.239 e. The highest BCUT2D eigenvalue weighted by molar-refractivity contribution is 6.30. The van der Waals surface area contributed by atoms with Crippen LogP contribution in [0.3, 0.4) is 0 Å². The van der Waals surface area contributed by atoms with Gasteiger partial charge in [0, 0.05) is 23.9 Å². The first-order valence-corrected chi connectivity index (χ1v) is 8.50. The van der Waals surface area contributed by atoms with Gasteiger partial charge in [0.15, 0.2) is 0 Å². The second kappa shape index (κ2) is 6.81. The molecule has 1 aliphatic heterocycles. The van der Waals surface area contributed by atoms with Crippen LogP contribution >= 0.6 is 11.6 Å². The summed E-state index contributed by atoms with van der Waals surface area (Å²) < 4.78 is 13.9. The number of fused-ring (bicyclic) bond motifs is 1. The van der Waals surface area contributed by atoms with E-state index in [1.54, 1.807) is 4.90 Å². The summed E-state index contributed by atoms with van der Waals surface area (Å²) in [5.41, 5.74) is 1.88.